The topological polar surface area (TPSA) is 50.2 Å². The van der Waals surface area contributed by atoms with E-state index in [4.69, 9.17) is 14.4 Å². The monoisotopic (exact) mass is 743 g/mol. The molecule has 0 unspecified atom stereocenters. The van der Waals surface area contributed by atoms with E-state index >= 15 is 0 Å². The van der Waals surface area contributed by atoms with Gasteiger partial charge in [-0.2, -0.15) is 0 Å². The first-order chi connectivity index (χ1) is 28.7. The third-order valence-corrected chi connectivity index (χ3v) is 10.8. The molecule has 0 radical (unpaired) electrons. The average Bonchev–Trinajstić information content (AvgIpc) is 3.68. The Kier molecular flexibility index (Phi) is 9.05. The zero-order valence-corrected chi connectivity index (χ0v) is 31.7. The van der Waals surface area contributed by atoms with E-state index in [0.29, 0.717) is 18.2 Å². The summed E-state index contributed by atoms with van der Waals surface area (Å²) in [5, 5.41) is 6.45. The Morgan fingerprint density at radius 1 is 0.431 bits per heavy atom. The van der Waals surface area contributed by atoms with E-state index in [-0.39, 0.29) is 0 Å². The van der Waals surface area contributed by atoms with E-state index in [1.165, 1.54) is 16.7 Å². The lowest BCUT2D eigenvalue weighted by molar-refractivity contribution is 0.669. The highest BCUT2D eigenvalue weighted by atomic mass is 16.3. The Balaban J connectivity index is 1.11. The second-order valence-corrected chi connectivity index (χ2v) is 14.5. The van der Waals surface area contributed by atoms with Gasteiger partial charge in [0.05, 0.1) is 6.54 Å². The Hall–Kier alpha value is -7.69. The molecule has 9 aromatic carbocycles. The van der Waals surface area contributed by atoms with Crippen LogP contribution in [0.3, 0.4) is 0 Å². The van der Waals surface area contributed by atoms with Gasteiger partial charge < -0.3 is 4.42 Å². The Labute approximate surface area is 336 Å². The first-order valence-corrected chi connectivity index (χ1v) is 19.5. The van der Waals surface area contributed by atoms with Crippen LogP contribution < -0.4 is 0 Å². The lowest BCUT2D eigenvalue weighted by atomic mass is 9.97. The molecule has 0 saturated carbocycles. The minimum Gasteiger partial charge on any atom is -0.456 e. The smallest absolute Gasteiger partial charge is 0.161 e. The molecule has 1 heterocycles. The summed E-state index contributed by atoms with van der Waals surface area (Å²) in [6.45, 7) is 4.48. The van der Waals surface area contributed by atoms with Crippen molar-refractivity contribution in [1.82, 2.24) is 0 Å². The molecule has 0 amide bonds. The summed E-state index contributed by atoms with van der Waals surface area (Å²) in [4.78, 5) is 15.1. The third-order valence-electron chi connectivity index (χ3n) is 10.8. The number of fused-ring (bicyclic) bond motifs is 6. The van der Waals surface area contributed by atoms with Crippen LogP contribution in [0.4, 0.5) is 0 Å². The van der Waals surface area contributed by atoms with Crippen molar-refractivity contribution in [1.29, 1.82) is 0 Å². The van der Waals surface area contributed by atoms with Crippen molar-refractivity contribution in [3.05, 3.63) is 217 Å². The standard InChI is InChI=1S/C54H37N3O/c1-55-54(49-34-51-52(47-23-12-11-22-46(47)49)48-29-28-44(33-50(48)58-51)39-19-9-4-10-20-39)57-53(56-35-36-14-13-21-40(30-36)37-15-5-2-6-16-37)45-27-26-42-31-41(24-25-43(42)32-45)38-17-7-3-8-18-38/h2-34H,1,35H2. The zero-order chi connectivity index (χ0) is 38.8. The van der Waals surface area contributed by atoms with Crippen molar-refractivity contribution in [3.63, 3.8) is 0 Å². The fourth-order valence-electron chi connectivity index (χ4n) is 7.95. The highest BCUT2D eigenvalue weighted by Crippen LogP contribution is 2.38. The Morgan fingerprint density at radius 3 is 1.72 bits per heavy atom. The van der Waals surface area contributed by atoms with Crippen LogP contribution >= 0.6 is 0 Å². The van der Waals surface area contributed by atoms with Crippen molar-refractivity contribution in [2.45, 2.75) is 6.54 Å². The van der Waals surface area contributed by atoms with Crippen LogP contribution in [0.1, 0.15) is 16.7 Å². The first-order valence-electron chi connectivity index (χ1n) is 19.5. The minimum absolute atomic E-state index is 0.433. The molecule has 0 saturated heterocycles. The summed E-state index contributed by atoms with van der Waals surface area (Å²) < 4.78 is 6.64. The fourth-order valence-corrected chi connectivity index (χ4v) is 7.95. The molecule has 4 heteroatoms. The van der Waals surface area contributed by atoms with Gasteiger partial charge in [0, 0.05) is 21.9 Å². The van der Waals surface area contributed by atoms with Gasteiger partial charge in [-0.1, -0.05) is 164 Å². The van der Waals surface area contributed by atoms with Gasteiger partial charge in [0.2, 0.25) is 0 Å². The molecule has 10 aromatic rings. The maximum atomic E-state index is 6.64. The number of nitrogens with zero attached hydrogens (tertiary/aromatic N) is 3. The molecule has 10 rings (SSSR count). The maximum absolute atomic E-state index is 6.64. The largest absolute Gasteiger partial charge is 0.456 e. The second-order valence-electron chi connectivity index (χ2n) is 14.5. The molecule has 58 heavy (non-hydrogen) atoms. The van der Waals surface area contributed by atoms with Gasteiger partial charge in [0.1, 0.15) is 11.2 Å². The molecule has 0 bridgehead atoms. The summed E-state index contributed by atoms with van der Waals surface area (Å²) in [6.07, 6.45) is 0. The molecule has 0 fully saturated rings. The SMILES string of the molecule is C=NC(=NC(=NCc1cccc(-c2ccccc2)c1)c1ccc2cc(-c3ccccc3)ccc2c1)c1cc2oc3cc(-c4ccccc4)ccc3c2c2ccccc12. The van der Waals surface area contributed by atoms with Gasteiger partial charge >= 0.3 is 0 Å². The van der Waals surface area contributed by atoms with Crippen LogP contribution in [0.2, 0.25) is 0 Å². The van der Waals surface area contributed by atoms with E-state index < -0.39 is 0 Å². The predicted molar refractivity (Wildman–Crippen MR) is 244 cm³/mol. The van der Waals surface area contributed by atoms with E-state index in [1.807, 2.05) is 18.2 Å². The summed E-state index contributed by atoms with van der Waals surface area (Å²) in [5.41, 5.74) is 11.3. The van der Waals surface area contributed by atoms with E-state index in [0.717, 1.165) is 76.9 Å². The first kappa shape index (κ1) is 34.8. The second kappa shape index (κ2) is 15.1. The number of benzene rings is 9. The average molecular weight is 744 g/mol. The molecule has 0 atom stereocenters. The molecule has 1 aromatic heterocycles. The van der Waals surface area contributed by atoms with Crippen LogP contribution in [0.15, 0.2) is 220 Å². The van der Waals surface area contributed by atoms with Crippen molar-refractivity contribution < 1.29 is 4.42 Å². The maximum Gasteiger partial charge on any atom is 0.161 e. The van der Waals surface area contributed by atoms with Gasteiger partial charge in [0.25, 0.3) is 0 Å². The summed E-state index contributed by atoms with van der Waals surface area (Å²) in [5.74, 6) is 1.04. The normalized spacial score (nSPS) is 12.1. The molecular weight excluding hydrogens is 707 g/mol. The minimum atomic E-state index is 0.433. The molecule has 0 aliphatic rings. The molecule has 0 aliphatic carbocycles. The van der Waals surface area contributed by atoms with Crippen molar-refractivity contribution in [3.8, 4) is 33.4 Å². The van der Waals surface area contributed by atoms with Crippen LogP contribution in [-0.2, 0) is 6.54 Å². The number of hydrogen-bond acceptors (Lipinski definition) is 2. The molecule has 274 valence electrons. The van der Waals surface area contributed by atoms with E-state index in [1.54, 1.807) is 0 Å². The number of hydrogen-bond donors (Lipinski definition) is 0. The fraction of sp³-hybridized carbons (Fsp3) is 0.0185. The zero-order valence-electron chi connectivity index (χ0n) is 31.7. The van der Waals surface area contributed by atoms with Gasteiger partial charge in [-0.05, 0) is 104 Å². The lowest BCUT2D eigenvalue weighted by Gasteiger charge is -2.11. The Morgan fingerprint density at radius 2 is 1.02 bits per heavy atom. The van der Waals surface area contributed by atoms with Crippen LogP contribution in [0.25, 0.3) is 76.9 Å². The van der Waals surface area contributed by atoms with Crippen LogP contribution in [-0.4, -0.2) is 18.4 Å². The third kappa shape index (κ3) is 6.67. The lowest BCUT2D eigenvalue weighted by Crippen LogP contribution is -2.06. The van der Waals surface area contributed by atoms with Crippen LogP contribution in [0, 0.1) is 0 Å². The Bertz CT molecular complexity index is 3200. The summed E-state index contributed by atoms with van der Waals surface area (Å²) in [7, 11) is 0. The molecule has 0 N–H and O–H groups in total. The van der Waals surface area contributed by atoms with Gasteiger partial charge in [-0.15, -0.1) is 0 Å². The number of rotatable bonds is 7. The number of furan rings is 1. The highest BCUT2D eigenvalue weighted by Gasteiger charge is 2.18. The van der Waals surface area contributed by atoms with Gasteiger partial charge in [0.15, 0.2) is 11.7 Å². The van der Waals surface area contributed by atoms with Gasteiger partial charge in [-0.25, -0.2) is 9.98 Å². The molecule has 0 spiro atoms. The quantitative estimate of drug-likeness (QED) is 0.118. The summed E-state index contributed by atoms with van der Waals surface area (Å²) in [6, 6.07) is 69.7. The number of amidine groups is 2. The van der Waals surface area contributed by atoms with E-state index in [2.05, 4.69) is 194 Å². The van der Waals surface area contributed by atoms with Gasteiger partial charge in [-0.3, -0.25) is 4.99 Å². The predicted octanol–water partition coefficient (Wildman–Crippen LogP) is 14.0. The summed E-state index contributed by atoms with van der Waals surface area (Å²) >= 11 is 0. The van der Waals surface area contributed by atoms with Crippen molar-refractivity contribution in [2.24, 2.45) is 15.0 Å². The van der Waals surface area contributed by atoms with E-state index in [9.17, 15) is 0 Å². The van der Waals surface area contributed by atoms with Crippen LogP contribution in [0.5, 0.6) is 0 Å². The molecule has 0 aliphatic heterocycles. The molecule has 4 nitrogen and oxygen atoms in total. The highest BCUT2D eigenvalue weighted by molar-refractivity contribution is 6.26. The molecular formula is C54H37N3O. The van der Waals surface area contributed by atoms with Crippen molar-refractivity contribution >= 4 is 61.9 Å². The number of aliphatic imine (C=N–C) groups is 3. The van der Waals surface area contributed by atoms with Crippen molar-refractivity contribution in [2.75, 3.05) is 0 Å².